The Morgan fingerprint density at radius 2 is 1.68 bits per heavy atom. The van der Waals surface area contributed by atoms with Crippen molar-refractivity contribution in [2.24, 2.45) is 4.99 Å². The number of nitrogens with zero attached hydrogens (tertiary/aromatic N) is 3. The Hall–Kier alpha value is -3.23. The van der Waals surface area contributed by atoms with Crippen LogP contribution in [0.5, 0.6) is 11.5 Å². The lowest BCUT2D eigenvalue weighted by atomic mass is 10.0. The second-order valence-corrected chi connectivity index (χ2v) is 10.2. The van der Waals surface area contributed by atoms with Crippen LogP contribution < -0.4 is 9.47 Å². The number of piperazine rings is 1. The van der Waals surface area contributed by atoms with Gasteiger partial charge in [0.15, 0.2) is 16.7 Å². The van der Waals surface area contributed by atoms with Crippen LogP contribution in [0, 0.1) is 0 Å². The average molecular weight is 604 g/mol. The van der Waals surface area contributed by atoms with E-state index in [9.17, 15) is 31.1 Å². The highest BCUT2D eigenvalue weighted by molar-refractivity contribution is 8.18. The molecule has 4 rings (SSSR count). The Kier molecular flexibility index (Phi) is 9.55. The normalized spacial score (nSPS) is 17.8. The van der Waals surface area contributed by atoms with Crippen molar-refractivity contribution in [1.29, 1.82) is 0 Å². The third-order valence-corrected chi connectivity index (χ3v) is 7.52. The molecule has 14 heteroatoms. The van der Waals surface area contributed by atoms with Crippen LogP contribution >= 0.6 is 11.8 Å². The number of carbonyl (C=O) groups excluding carboxylic acids is 1. The molecule has 0 aromatic heterocycles. The largest absolute Gasteiger partial charge is 0.493 e. The van der Waals surface area contributed by atoms with Crippen LogP contribution in [0.4, 0.5) is 26.3 Å². The molecule has 0 radical (unpaired) electrons. The summed E-state index contributed by atoms with van der Waals surface area (Å²) in [5.74, 6) is -0.131. The maximum Gasteiger partial charge on any atom is 0.416 e. The summed E-state index contributed by atoms with van der Waals surface area (Å²) in [5.41, 5.74) is -2.73. The van der Waals surface area contributed by atoms with Crippen LogP contribution in [0.25, 0.3) is 6.08 Å². The highest BCUT2D eigenvalue weighted by Gasteiger charge is 2.38. The molecule has 2 aromatic carbocycles. The van der Waals surface area contributed by atoms with Gasteiger partial charge in [-0.25, -0.2) is 0 Å². The zero-order valence-corrected chi connectivity index (χ0v) is 23.0. The summed E-state index contributed by atoms with van der Waals surface area (Å²) >= 11 is 1.26. The van der Waals surface area contributed by atoms with Gasteiger partial charge < -0.3 is 19.1 Å². The van der Waals surface area contributed by atoms with Crippen molar-refractivity contribution >= 4 is 28.9 Å². The first-order valence-electron chi connectivity index (χ1n) is 12.5. The molecular formula is C27H27F6N3O4S. The monoisotopic (exact) mass is 603 g/mol. The summed E-state index contributed by atoms with van der Waals surface area (Å²) in [4.78, 5) is 21.5. The predicted molar refractivity (Wildman–Crippen MR) is 142 cm³/mol. The van der Waals surface area contributed by atoms with Gasteiger partial charge in [-0.1, -0.05) is 12.1 Å². The maximum absolute atomic E-state index is 13.5. The van der Waals surface area contributed by atoms with Crippen molar-refractivity contribution in [3.8, 4) is 11.5 Å². The zero-order valence-electron chi connectivity index (χ0n) is 22.1. The summed E-state index contributed by atoms with van der Waals surface area (Å²) < 4.78 is 95.2. The molecule has 41 heavy (non-hydrogen) atoms. The van der Waals surface area contributed by atoms with E-state index >= 15 is 0 Å². The number of amides is 1. The number of alkyl halides is 6. The number of aliphatic imine (C=N–C) groups is 1. The Morgan fingerprint density at radius 1 is 0.951 bits per heavy atom. The second-order valence-electron chi connectivity index (χ2n) is 9.20. The smallest absolute Gasteiger partial charge is 0.416 e. The van der Waals surface area contributed by atoms with Gasteiger partial charge in [-0.15, -0.1) is 0 Å². The minimum absolute atomic E-state index is 0.0686. The number of benzene rings is 2. The summed E-state index contributed by atoms with van der Waals surface area (Å²) in [6.45, 7) is 3.95. The minimum atomic E-state index is -5.01. The topological polar surface area (TPSA) is 63.6 Å². The molecule has 7 nitrogen and oxygen atoms in total. The second kappa shape index (κ2) is 12.7. The molecule has 2 heterocycles. The summed E-state index contributed by atoms with van der Waals surface area (Å²) in [6.07, 6.45) is -8.30. The van der Waals surface area contributed by atoms with E-state index in [1.807, 2.05) is 0 Å². The standard InChI is InChI=1S/C27H27F6N3O4S/c1-38-12-11-35-7-9-36(10-8-35)25-34-24(37)23(41-25)14-17-3-6-21(22(13-17)39-2)40-16-18-4-5-19(26(28,29)30)15-20(18)27(31,32)33/h3-6,13-15H,7-12,16H2,1-2H3. The average Bonchev–Trinajstić information content (AvgIpc) is 3.29. The summed E-state index contributed by atoms with van der Waals surface area (Å²) in [7, 11) is 2.99. The number of hydrogen-bond donors (Lipinski definition) is 0. The molecule has 0 saturated carbocycles. The van der Waals surface area contributed by atoms with Gasteiger partial charge in [0.05, 0.1) is 29.7 Å². The van der Waals surface area contributed by atoms with Crippen molar-refractivity contribution in [3.63, 3.8) is 0 Å². The van der Waals surface area contributed by atoms with Crippen LogP contribution in [0.2, 0.25) is 0 Å². The molecule has 222 valence electrons. The van der Waals surface area contributed by atoms with Crippen molar-refractivity contribution in [2.75, 3.05) is 53.6 Å². The number of methoxy groups -OCH3 is 2. The number of carbonyl (C=O) groups is 1. The molecule has 0 N–H and O–H groups in total. The molecule has 2 aromatic rings. The zero-order chi connectivity index (χ0) is 29.8. The SMILES string of the molecule is COCCN1CCN(C2=NC(=O)C(=Cc3ccc(OCc4ccc(C(F)(F)F)cc4C(F)(F)F)c(OC)c3)S2)CC1. The minimum Gasteiger partial charge on any atom is -0.493 e. The molecule has 2 aliphatic heterocycles. The van der Waals surface area contributed by atoms with Gasteiger partial charge in [-0.2, -0.15) is 31.3 Å². The number of rotatable bonds is 8. The van der Waals surface area contributed by atoms with Crippen LogP contribution in [-0.4, -0.2) is 74.4 Å². The van der Waals surface area contributed by atoms with E-state index in [1.165, 1.54) is 24.9 Å². The van der Waals surface area contributed by atoms with E-state index in [-0.39, 0.29) is 23.5 Å². The van der Waals surface area contributed by atoms with Crippen molar-refractivity contribution in [2.45, 2.75) is 19.0 Å². The highest BCUT2D eigenvalue weighted by Crippen LogP contribution is 2.39. The lowest BCUT2D eigenvalue weighted by molar-refractivity contribution is -0.143. The third-order valence-electron chi connectivity index (χ3n) is 6.47. The molecule has 1 amide bonds. The molecule has 0 bridgehead atoms. The van der Waals surface area contributed by atoms with Gasteiger partial charge in [0.1, 0.15) is 6.61 Å². The Balaban J connectivity index is 1.43. The first kappa shape index (κ1) is 30.7. The third kappa shape index (κ3) is 7.74. The van der Waals surface area contributed by atoms with E-state index in [2.05, 4.69) is 14.8 Å². The van der Waals surface area contributed by atoms with Gasteiger partial charge in [0.2, 0.25) is 0 Å². The quantitative estimate of drug-likeness (QED) is 0.290. The number of amidine groups is 1. The van der Waals surface area contributed by atoms with E-state index in [1.54, 1.807) is 25.3 Å². The number of ether oxygens (including phenoxy) is 3. The molecule has 0 aliphatic carbocycles. The lowest BCUT2D eigenvalue weighted by Gasteiger charge is -2.35. The fourth-order valence-electron chi connectivity index (χ4n) is 4.26. The molecule has 2 aliphatic rings. The van der Waals surface area contributed by atoms with E-state index in [0.717, 1.165) is 38.8 Å². The molecule has 1 fully saturated rings. The van der Waals surface area contributed by atoms with Crippen molar-refractivity contribution in [3.05, 3.63) is 63.6 Å². The number of halogens is 6. The highest BCUT2D eigenvalue weighted by atomic mass is 32.2. The van der Waals surface area contributed by atoms with Crippen molar-refractivity contribution < 1.29 is 45.3 Å². The van der Waals surface area contributed by atoms with Crippen LogP contribution in [-0.2, 0) is 28.5 Å². The van der Waals surface area contributed by atoms with Gasteiger partial charge in [-0.05, 0) is 47.7 Å². The van der Waals surface area contributed by atoms with Crippen molar-refractivity contribution in [1.82, 2.24) is 9.80 Å². The number of hydrogen-bond acceptors (Lipinski definition) is 7. The first-order chi connectivity index (χ1) is 19.4. The van der Waals surface area contributed by atoms with Gasteiger partial charge in [0.25, 0.3) is 5.91 Å². The number of thioether (sulfide) groups is 1. The molecular weight excluding hydrogens is 576 g/mol. The fourth-order valence-corrected chi connectivity index (χ4v) is 5.22. The van der Waals surface area contributed by atoms with Gasteiger partial charge in [-0.3, -0.25) is 9.69 Å². The van der Waals surface area contributed by atoms with E-state index in [4.69, 9.17) is 14.2 Å². The molecule has 0 unspecified atom stereocenters. The van der Waals surface area contributed by atoms with Gasteiger partial charge >= 0.3 is 12.4 Å². The van der Waals surface area contributed by atoms with E-state index in [0.29, 0.717) is 28.3 Å². The first-order valence-corrected chi connectivity index (χ1v) is 13.3. The van der Waals surface area contributed by atoms with Gasteiger partial charge in [0, 0.05) is 45.4 Å². The molecule has 0 spiro atoms. The fraction of sp³-hybridized carbons (Fsp3) is 0.407. The Morgan fingerprint density at radius 3 is 2.32 bits per heavy atom. The summed E-state index contributed by atoms with van der Waals surface area (Å²) in [6, 6.07) is 5.97. The predicted octanol–water partition coefficient (Wildman–Crippen LogP) is 5.55. The lowest BCUT2D eigenvalue weighted by Crippen LogP contribution is -2.48. The van der Waals surface area contributed by atoms with Crippen LogP contribution in [0.1, 0.15) is 22.3 Å². The molecule has 0 atom stereocenters. The van der Waals surface area contributed by atoms with E-state index < -0.39 is 35.6 Å². The summed E-state index contributed by atoms with van der Waals surface area (Å²) in [5, 5.41) is 0.622. The Labute approximate surface area is 236 Å². The van der Waals surface area contributed by atoms with Crippen LogP contribution in [0.3, 0.4) is 0 Å². The maximum atomic E-state index is 13.5. The molecule has 1 saturated heterocycles. The van der Waals surface area contributed by atoms with Crippen LogP contribution in [0.15, 0.2) is 46.3 Å². The Bertz CT molecular complexity index is 1320.